The van der Waals surface area contributed by atoms with Gasteiger partial charge in [0.05, 0.1) is 0 Å². The summed E-state index contributed by atoms with van der Waals surface area (Å²) in [6.07, 6.45) is 2.57. The van der Waals surface area contributed by atoms with Crippen molar-refractivity contribution in [3.63, 3.8) is 0 Å². The first-order chi connectivity index (χ1) is 6.66. The van der Waals surface area contributed by atoms with Crippen molar-refractivity contribution in [1.82, 2.24) is 15.1 Å². The number of hydrogen-bond donors (Lipinski definition) is 1. The van der Waals surface area contributed by atoms with E-state index in [1.54, 1.807) is 0 Å². The molecule has 3 heteroatoms. The number of nitrogens with one attached hydrogen (secondary N) is 1. The quantitative estimate of drug-likeness (QED) is 0.559. The maximum Gasteiger partial charge on any atom is 0.0107 e. The molecule has 0 atom stereocenters. The van der Waals surface area contributed by atoms with Crippen LogP contribution in [-0.4, -0.2) is 63.7 Å². The molecule has 1 N–H and O–H groups in total. The minimum atomic E-state index is 1.12. The highest BCUT2D eigenvalue weighted by atomic mass is 15.2. The third kappa shape index (κ3) is 9.96. The Morgan fingerprint density at radius 3 is 2.21 bits per heavy atom. The summed E-state index contributed by atoms with van der Waals surface area (Å²) >= 11 is 0. The molecule has 3 nitrogen and oxygen atoms in total. The fourth-order valence-corrected chi connectivity index (χ4v) is 1.18. The van der Waals surface area contributed by atoms with E-state index in [1.165, 1.54) is 12.8 Å². The maximum absolute atomic E-state index is 3.45. The molecule has 0 aliphatic carbocycles. The minimum absolute atomic E-state index is 1.12. The second-order valence-corrected chi connectivity index (χ2v) is 4.21. The first kappa shape index (κ1) is 13.9. The Balaban J connectivity index is 3.14. The lowest BCUT2D eigenvalue weighted by Gasteiger charge is -2.19. The lowest BCUT2D eigenvalue weighted by molar-refractivity contribution is 0.281. The van der Waals surface area contributed by atoms with Crippen LogP contribution in [0.3, 0.4) is 0 Å². The van der Waals surface area contributed by atoms with Crippen molar-refractivity contribution in [2.75, 3.05) is 53.9 Å². The van der Waals surface area contributed by atoms with Crippen LogP contribution in [0.4, 0.5) is 0 Å². The van der Waals surface area contributed by atoms with E-state index in [4.69, 9.17) is 0 Å². The zero-order valence-electron chi connectivity index (χ0n) is 10.3. The minimum Gasteiger partial charge on any atom is -0.315 e. The van der Waals surface area contributed by atoms with E-state index >= 15 is 0 Å². The van der Waals surface area contributed by atoms with Crippen molar-refractivity contribution in [3.8, 4) is 0 Å². The van der Waals surface area contributed by atoms with Gasteiger partial charge in [0.25, 0.3) is 0 Å². The van der Waals surface area contributed by atoms with E-state index in [9.17, 15) is 0 Å². The standard InChI is InChI=1S/C11H27N3/c1-5-6-7-12-8-9-14(4)11-10-13(2)3/h12H,5-11H2,1-4H3. The lowest BCUT2D eigenvalue weighted by Crippen LogP contribution is -2.34. The van der Waals surface area contributed by atoms with Crippen molar-refractivity contribution in [1.29, 1.82) is 0 Å². The van der Waals surface area contributed by atoms with Crippen LogP contribution in [0, 0.1) is 0 Å². The molecular formula is C11H27N3. The fourth-order valence-electron chi connectivity index (χ4n) is 1.18. The summed E-state index contributed by atoms with van der Waals surface area (Å²) in [5.74, 6) is 0. The van der Waals surface area contributed by atoms with Crippen molar-refractivity contribution in [3.05, 3.63) is 0 Å². The predicted octanol–water partition coefficient (Wildman–Crippen LogP) is 0.870. The molecule has 0 saturated carbocycles. The average molecular weight is 201 g/mol. The highest BCUT2D eigenvalue weighted by Crippen LogP contribution is 1.84. The lowest BCUT2D eigenvalue weighted by atomic mass is 10.3. The number of likely N-dealkylation sites (N-methyl/N-ethyl adjacent to an activating group) is 2. The largest absolute Gasteiger partial charge is 0.315 e. The zero-order chi connectivity index (χ0) is 10.8. The van der Waals surface area contributed by atoms with Crippen LogP contribution in [0.25, 0.3) is 0 Å². The molecule has 0 rings (SSSR count). The highest BCUT2D eigenvalue weighted by molar-refractivity contribution is 4.56. The summed E-state index contributed by atoms with van der Waals surface area (Å²) in [4.78, 5) is 4.60. The molecule has 0 radical (unpaired) electrons. The Bertz CT molecular complexity index is 115. The Hall–Kier alpha value is -0.120. The summed E-state index contributed by atoms with van der Waals surface area (Å²) in [5.41, 5.74) is 0. The number of nitrogens with zero attached hydrogens (tertiary/aromatic N) is 2. The molecule has 14 heavy (non-hydrogen) atoms. The molecule has 0 saturated heterocycles. The van der Waals surface area contributed by atoms with Gasteiger partial charge < -0.3 is 15.1 Å². The maximum atomic E-state index is 3.45. The Kier molecular flexibility index (Phi) is 9.35. The van der Waals surface area contributed by atoms with Crippen LogP contribution in [-0.2, 0) is 0 Å². The Labute approximate surface area is 89.5 Å². The van der Waals surface area contributed by atoms with Crippen molar-refractivity contribution >= 4 is 0 Å². The topological polar surface area (TPSA) is 18.5 Å². The molecule has 0 aromatic carbocycles. The number of hydrogen-bond acceptors (Lipinski definition) is 3. The van der Waals surface area contributed by atoms with E-state index in [0.29, 0.717) is 0 Å². The molecule has 86 valence electrons. The Morgan fingerprint density at radius 2 is 1.64 bits per heavy atom. The van der Waals surface area contributed by atoms with Gasteiger partial charge >= 0.3 is 0 Å². The Morgan fingerprint density at radius 1 is 0.929 bits per heavy atom. The zero-order valence-corrected chi connectivity index (χ0v) is 10.3. The average Bonchev–Trinajstić information content (AvgIpc) is 2.14. The molecule has 0 fully saturated rings. The first-order valence-electron chi connectivity index (χ1n) is 5.70. The van der Waals surface area contributed by atoms with Gasteiger partial charge in [-0.05, 0) is 34.1 Å². The molecule has 0 heterocycles. The van der Waals surface area contributed by atoms with E-state index < -0.39 is 0 Å². The van der Waals surface area contributed by atoms with E-state index in [0.717, 1.165) is 32.7 Å². The van der Waals surface area contributed by atoms with Crippen molar-refractivity contribution in [2.45, 2.75) is 19.8 Å². The van der Waals surface area contributed by atoms with Gasteiger partial charge in [-0.15, -0.1) is 0 Å². The summed E-state index contributed by atoms with van der Waals surface area (Å²) in [7, 11) is 6.42. The van der Waals surface area contributed by atoms with Gasteiger partial charge in [-0.1, -0.05) is 13.3 Å². The molecule has 0 aliphatic rings. The van der Waals surface area contributed by atoms with Gasteiger partial charge in [0.15, 0.2) is 0 Å². The molecule has 0 amide bonds. The van der Waals surface area contributed by atoms with Crippen molar-refractivity contribution in [2.24, 2.45) is 0 Å². The first-order valence-corrected chi connectivity index (χ1v) is 5.70. The summed E-state index contributed by atoms with van der Waals surface area (Å²) in [5, 5.41) is 3.45. The number of unbranched alkanes of at least 4 members (excludes halogenated alkanes) is 1. The number of rotatable bonds is 9. The third-order valence-corrected chi connectivity index (χ3v) is 2.31. The summed E-state index contributed by atoms with van der Waals surface area (Å²) in [6, 6.07) is 0. The predicted molar refractivity (Wildman–Crippen MR) is 63.8 cm³/mol. The smallest absolute Gasteiger partial charge is 0.0107 e. The van der Waals surface area contributed by atoms with Gasteiger partial charge in [0, 0.05) is 26.2 Å². The monoisotopic (exact) mass is 201 g/mol. The third-order valence-electron chi connectivity index (χ3n) is 2.31. The molecule has 0 unspecified atom stereocenters. The summed E-state index contributed by atoms with van der Waals surface area (Å²) in [6.45, 7) is 7.96. The van der Waals surface area contributed by atoms with E-state index in [-0.39, 0.29) is 0 Å². The second kappa shape index (κ2) is 9.44. The summed E-state index contributed by atoms with van der Waals surface area (Å²) < 4.78 is 0. The normalized spacial score (nSPS) is 11.6. The van der Waals surface area contributed by atoms with Crippen LogP contribution in [0.1, 0.15) is 19.8 Å². The van der Waals surface area contributed by atoms with E-state index in [2.05, 4.69) is 43.2 Å². The van der Waals surface area contributed by atoms with Crippen LogP contribution in [0.5, 0.6) is 0 Å². The van der Waals surface area contributed by atoms with Gasteiger partial charge in [-0.3, -0.25) is 0 Å². The molecule has 0 aromatic heterocycles. The van der Waals surface area contributed by atoms with E-state index in [1.807, 2.05) is 0 Å². The highest BCUT2D eigenvalue weighted by Gasteiger charge is 1.97. The molecule has 0 aliphatic heterocycles. The van der Waals surface area contributed by atoms with Gasteiger partial charge in [0.1, 0.15) is 0 Å². The van der Waals surface area contributed by atoms with Gasteiger partial charge in [-0.2, -0.15) is 0 Å². The molecule has 0 bridgehead atoms. The van der Waals surface area contributed by atoms with Crippen LogP contribution in [0.15, 0.2) is 0 Å². The van der Waals surface area contributed by atoms with Gasteiger partial charge in [0.2, 0.25) is 0 Å². The molecule has 0 aromatic rings. The SMILES string of the molecule is CCCCNCCN(C)CCN(C)C. The molecular weight excluding hydrogens is 174 g/mol. The molecule has 0 spiro atoms. The van der Waals surface area contributed by atoms with Crippen molar-refractivity contribution < 1.29 is 0 Å². The van der Waals surface area contributed by atoms with Crippen LogP contribution in [0.2, 0.25) is 0 Å². The van der Waals surface area contributed by atoms with Crippen LogP contribution < -0.4 is 5.32 Å². The second-order valence-electron chi connectivity index (χ2n) is 4.21. The fraction of sp³-hybridized carbons (Fsp3) is 1.00. The van der Waals surface area contributed by atoms with Gasteiger partial charge in [-0.25, -0.2) is 0 Å². The van der Waals surface area contributed by atoms with Crippen LogP contribution >= 0.6 is 0 Å².